The number of hydrogen-bond acceptors (Lipinski definition) is 3. The summed E-state index contributed by atoms with van der Waals surface area (Å²) in [7, 11) is 0. The van der Waals surface area contributed by atoms with Gasteiger partial charge in [0.1, 0.15) is 0 Å². The lowest BCUT2D eigenvalue weighted by atomic mass is 10.1. The number of carbonyl (C=O) groups excluding carboxylic acids is 1. The lowest BCUT2D eigenvalue weighted by molar-refractivity contribution is -0.137. The van der Waals surface area contributed by atoms with Gasteiger partial charge in [-0.1, -0.05) is 0 Å². The van der Waals surface area contributed by atoms with Crippen molar-refractivity contribution < 1.29 is 18.0 Å². The first-order valence-electron chi connectivity index (χ1n) is 6.06. The molecule has 0 unspecified atom stereocenters. The largest absolute Gasteiger partial charge is 0.418 e. The summed E-state index contributed by atoms with van der Waals surface area (Å²) in [5, 5.41) is 0. The zero-order valence-electron chi connectivity index (χ0n) is 10.2. The Kier molecular flexibility index (Phi) is 3.90. The van der Waals surface area contributed by atoms with Crippen molar-refractivity contribution in [1.29, 1.82) is 0 Å². The van der Waals surface area contributed by atoms with E-state index in [9.17, 15) is 18.0 Å². The highest BCUT2D eigenvalue weighted by Gasteiger charge is 2.34. The third-order valence-corrected chi connectivity index (χ3v) is 3.17. The Morgan fingerprint density at radius 3 is 2.42 bits per heavy atom. The molecule has 1 aromatic rings. The Hall–Kier alpha value is -1.81. The molecule has 0 saturated carbocycles. The van der Waals surface area contributed by atoms with E-state index < -0.39 is 11.7 Å². The van der Waals surface area contributed by atoms with Crippen LogP contribution in [-0.2, 0) is 11.0 Å². The summed E-state index contributed by atoms with van der Waals surface area (Å²) in [4.78, 5) is 15.2. The van der Waals surface area contributed by atoms with Crippen LogP contribution < -0.4 is 4.90 Å². The van der Waals surface area contributed by atoms with Crippen molar-refractivity contribution in [3.05, 3.63) is 23.8 Å². The zero-order valence-corrected chi connectivity index (χ0v) is 10.2. The van der Waals surface area contributed by atoms with Gasteiger partial charge >= 0.3 is 6.18 Å². The summed E-state index contributed by atoms with van der Waals surface area (Å²) in [5.74, 6) is 0. The maximum Gasteiger partial charge on any atom is 0.418 e. The fourth-order valence-corrected chi connectivity index (χ4v) is 2.25. The van der Waals surface area contributed by atoms with Gasteiger partial charge in [0, 0.05) is 18.8 Å². The van der Waals surface area contributed by atoms with Gasteiger partial charge in [-0.15, -0.1) is 0 Å². The lowest BCUT2D eigenvalue weighted by Gasteiger charge is -2.29. The molecule has 0 bridgehead atoms. The summed E-state index contributed by atoms with van der Waals surface area (Å²) in [6.07, 6.45) is -0.299. The van der Waals surface area contributed by atoms with E-state index in [0.717, 1.165) is 44.5 Å². The first-order chi connectivity index (χ1) is 9.02. The van der Waals surface area contributed by atoms with Crippen molar-refractivity contribution in [3.63, 3.8) is 0 Å². The molecule has 1 saturated heterocycles. The molecule has 1 fully saturated rings. The average Bonchev–Trinajstić information content (AvgIpc) is 2.39. The molecule has 0 aliphatic carbocycles. The number of piperidine rings is 1. The number of hydrogen-bond donors (Lipinski definition) is 0. The van der Waals surface area contributed by atoms with Crippen molar-refractivity contribution in [3.8, 4) is 0 Å². The summed E-state index contributed by atoms with van der Waals surface area (Å²) in [5.41, 5.74) is -0.751. The second-order valence-corrected chi connectivity index (χ2v) is 4.45. The average molecular weight is 270 g/mol. The quantitative estimate of drug-likeness (QED) is 0.607. The Bertz CT molecular complexity index is 501. The van der Waals surface area contributed by atoms with Crippen molar-refractivity contribution in [2.45, 2.75) is 25.4 Å². The van der Waals surface area contributed by atoms with Crippen LogP contribution in [0, 0.1) is 0 Å². The molecule has 2 rings (SSSR count). The molecular weight excluding hydrogens is 257 g/mol. The first-order valence-corrected chi connectivity index (χ1v) is 6.06. The van der Waals surface area contributed by atoms with E-state index in [1.54, 1.807) is 6.07 Å². The van der Waals surface area contributed by atoms with E-state index in [1.165, 1.54) is 6.07 Å². The minimum Gasteiger partial charge on any atom is -0.372 e. The molecule has 1 aromatic carbocycles. The molecule has 6 heteroatoms. The zero-order chi connectivity index (χ0) is 13.9. The van der Waals surface area contributed by atoms with Crippen LogP contribution in [0.1, 0.15) is 24.8 Å². The van der Waals surface area contributed by atoms with Gasteiger partial charge in [0.2, 0.25) is 6.08 Å². The number of isocyanates is 1. The van der Waals surface area contributed by atoms with Crippen LogP contribution in [-0.4, -0.2) is 19.2 Å². The Morgan fingerprint density at radius 1 is 1.16 bits per heavy atom. The molecule has 1 aliphatic rings. The van der Waals surface area contributed by atoms with Gasteiger partial charge in [0.25, 0.3) is 0 Å². The van der Waals surface area contributed by atoms with Crippen LogP contribution >= 0.6 is 0 Å². The fourth-order valence-electron chi connectivity index (χ4n) is 2.25. The Balaban J connectivity index is 2.40. The van der Waals surface area contributed by atoms with E-state index in [2.05, 4.69) is 4.99 Å². The molecule has 1 aliphatic heterocycles. The van der Waals surface area contributed by atoms with Gasteiger partial charge in [0.15, 0.2) is 0 Å². The van der Waals surface area contributed by atoms with E-state index in [-0.39, 0.29) is 5.69 Å². The third kappa shape index (κ3) is 3.15. The predicted octanol–water partition coefficient (Wildman–Crippen LogP) is 3.66. The van der Waals surface area contributed by atoms with Gasteiger partial charge in [-0.2, -0.15) is 18.2 Å². The summed E-state index contributed by atoms with van der Waals surface area (Å²) < 4.78 is 38.7. The van der Waals surface area contributed by atoms with Crippen LogP contribution in [0.15, 0.2) is 23.2 Å². The van der Waals surface area contributed by atoms with Gasteiger partial charge < -0.3 is 4.90 Å². The summed E-state index contributed by atoms with van der Waals surface area (Å²) in [6, 6.07) is 3.84. The Labute approximate surface area is 108 Å². The van der Waals surface area contributed by atoms with Crippen LogP contribution in [0.3, 0.4) is 0 Å². The highest BCUT2D eigenvalue weighted by atomic mass is 19.4. The number of anilines is 1. The third-order valence-electron chi connectivity index (χ3n) is 3.17. The molecule has 0 aromatic heterocycles. The van der Waals surface area contributed by atoms with Crippen molar-refractivity contribution in [1.82, 2.24) is 0 Å². The monoisotopic (exact) mass is 270 g/mol. The van der Waals surface area contributed by atoms with E-state index in [0.29, 0.717) is 5.69 Å². The van der Waals surface area contributed by atoms with Gasteiger partial charge in [0.05, 0.1) is 11.3 Å². The fraction of sp³-hybridized carbons (Fsp3) is 0.462. The second-order valence-electron chi connectivity index (χ2n) is 4.45. The van der Waals surface area contributed by atoms with Crippen LogP contribution in [0.4, 0.5) is 24.5 Å². The number of benzene rings is 1. The SMILES string of the molecule is O=C=Nc1ccc(N2CCCCC2)cc1C(F)(F)F. The molecule has 0 atom stereocenters. The molecule has 19 heavy (non-hydrogen) atoms. The van der Waals surface area contributed by atoms with Crippen molar-refractivity contribution >= 4 is 17.5 Å². The van der Waals surface area contributed by atoms with Crippen LogP contribution in [0.2, 0.25) is 0 Å². The summed E-state index contributed by atoms with van der Waals surface area (Å²) >= 11 is 0. The minimum absolute atomic E-state index is 0.386. The van der Waals surface area contributed by atoms with Crippen LogP contribution in [0.25, 0.3) is 0 Å². The van der Waals surface area contributed by atoms with Gasteiger partial charge in [-0.05, 0) is 37.5 Å². The van der Waals surface area contributed by atoms with Gasteiger partial charge in [-0.3, -0.25) is 0 Å². The maximum atomic E-state index is 12.9. The topological polar surface area (TPSA) is 32.7 Å². The van der Waals surface area contributed by atoms with Crippen LogP contribution in [0.5, 0.6) is 0 Å². The number of aliphatic imine (C=N–C) groups is 1. The molecule has 0 N–H and O–H groups in total. The van der Waals surface area contributed by atoms with E-state index in [4.69, 9.17) is 0 Å². The predicted molar refractivity (Wildman–Crippen MR) is 65.3 cm³/mol. The molecule has 1 heterocycles. The molecular formula is C13H13F3N2O. The lowest BCUT2D eigenvalue weighted by Crippen LogP contribution is -2.29. The summed E-state index contributed by atoms with van der Waals surface area (Å²) in [6.45, 7) is 1.52. The number of nitrogens with zero attached hydrogens (tertiary/aromatic N) is 2. The molecule has 0 radical (unpaired) electrons. The number of rotatable bonds is 2. The highest BCUT2D eigenvalue weighted by Crippen LogP contribution is 2.38. The number of alkyl halides is 3. The van der Waals surface area contributed by atoms with Crippen molar-refractivity contribution in [2.24, 2.45) is 4.99 Å². The number of halogens is 3. The standard InChI is InChI=1S/C13H13F3N2O/c14-13(15,16)11-8-10(4-5-12(11)17-9-19)18-6-2-1-3-7-18/h4-5,8H,1-3,6-7H2. The molecule has 0 amide bonds. The molecule has 0 spiro atoms. The van der Waals surface area contributed by atoms with E-state index >= 15 is 0 Å². The second kappa shape index (κ2) is 5.45. The van der Waals surface area contributed by atoms with E-state index in [1.807, 2.05) is 4.90 Å². The molecule has 102 valence electrons. The first kappa shape index (κ1) is 13.6. The molecule has 3 nitrogen and oxygen atoms in total. The minimum atomic E-state index is -4.53. The Morgan fingerprint density at radius 2 is 1.84 bits per heavy atom. The highest BCUT2D eigenvalue weighted by molar-refractivity contribution is 5.62. The smallest absolute Gasteiger partial charge is 0.372 e. The normalized spacial score (nSPS) is 16.1. The van der Waals surface area contributed by atoms with Gasteiger partial charge in [-0.25, -0.2) is 4.79 Å². The van der Waals surface area contributed by atoms with Crippen molar-refractivity contribution in [2.75, 3.05) is 18.0 Å². The maximum absolute atomic E-state index is 12.9.